The molecule has 0 atom stereocenters. The van der Waals surface area contributed by atoms with E-state index in [-0.39, 0.29) is 11.2 Å². The zero-order valence-electron chi connectivity index (χ0n) is 11.9. The van der Waals surface area contributed by atoms with E-state index in [1.54, 1.807) is 0 Å². The van der Waals surface area contributed by atoms with Crippen molar-refractivity contribution in [2.24, 2.45) is 0 Å². The van der Waals surface area contributed by atoms with Crippen molar-refractivity contribution in [1.29, 1.82) is 0 Å². The maximum absolute atomic E-state index is 13.0. The van der Waals surface area contributed by atoms with Crippen LogP contribution < -0.4 is 10.6 Å². The SMILES string of the molecule is O=C(NCc1ccc(F)cc1C(F)(F)F)Nc1nc(C(F)(F)F)cs1. The summed E-state index contributed by atoms with van der Waals surface area (Å²) in [7, 11) is 0. The third-order valence-electron chi connectivity index (χ3n) is 2.83. The zero-order chi connectivity index (χ0) is 18.8. The molecule has 25 heavy (non-hydrogen) atoms. The number of alkyl halides is 6. The second-order valence-corrected chi connectivity index (χ2v) is 5.50. The maximum atomic E-state index is 13.0. The average Bonchev–Trinajstić information content (AvgIpc) is 2.93. The summed E-state index contributed by atoms with van der Waals surface area (Å²) in [4.78, 5) is 14.7. The van der Waals surface area contributed by atoms with E-state index in [2.05, 4.69) is 4.98 Å². The van der Waals surface area contributed by atoms with Gasteiger partial charge in [-0.2, -0.15) is 26.3 Å². The molecule has 1 aromatic carbocycles. The highest BCUT2D eigenvalue weighted by molar-refractivity contribution is 7.13. The van der Waals surface area contributed by atoms with Gasteiger partial charge in [0.05, 0.1) is 5.56 Å². The molecule has 0 bridgehead atoms. The van der Waals surface area contributed by atoms with Crippen molar-refractivity contribution in [2.75, 3.05) is 5.32 Å². The van der Waals surface area contributed by atoms with Gasteiger partial charge in [-0.3, -0.25) is 5.32 Å². The second kappa shape index (κ2) is 6.86. The lowest BCUT2D eigenvalue weighted by molar-refractivity contribution is -0.140. The average molecular weight is 387 g/mol. The number of hydrogen-bond donors (Lipinski definition) is 2. The topological polar surface area (TPSA) is 54.0 Å². The van der Waals surface area contributed by atoms with E-state index in [0.717, 1.165) is 12.1 Å². The van der Waals surface area contributed by atoms with Crippen molar-refractivity contribution >= 4 is 22.5 Å². The number of hydrogen-bond acceptors (Lipinski definition) is 3. The minimum atomic E-state index is -4.83. The number of carbonyl (C=O) groups excluding carboxylic acids is 1. The largest absolute Gasteiger partial charge is 0.434 e. The van der Waals surface area contributed by atoms with Crippen LogP contribution in [-0.2, 0) is 18.9 Å². The quantitative estimate of drug-likeness (QED) is 0.754. The Kier molecular flexibility index (Phi) is 5.20. The fourth-order valence-corrected chi connectivity index (χ4v) is 2.46. The molecule has 0 aliphatic heterocycles. The van der Waals surface area contributed by atoms with Crippen molar-refractivity contribution in [3.8, 4) is 0 Å². The van der Waals surface area contributed by atoms with E-state index in [4.69, 9.17) is 0 Å². The van der Waals surface area contributed by atoms with Crippen LogP contribution >= 0.6 is 11.3 Å². The number of rotatable bonds is 3. The van der Waals surface area contributed by atoms with Gasteiger partial charge in [-0.25, -0.2) is 14.2 Å². The third kappa shape index (κ3) is 5.05. The normalized spacial score (nSPS) is 12.1. The molecular weight excluding hydrogens is 379 g/mol. The number of anilines is 1. The lowest BCUT2D eigenvalue weighted by Crippen LogP contribution is -2.29. The number of aromatic nitrogens is 1. The van der Waals surface area contributed by atoms with E-state index < -0.39 is 47.6 Å². The van der Waals surface area contributed by atoms with Crippen LogP contribution in [0.5, 0.6) is 0 Å². The predicted molar refractivity (Wildman–Crippen MR) is 74.4 cm³/mol. The summed E-state index contributed by atoms with van der Waals surface area (Å²) in [6.07, 6.45) is -9.50. The van der Waals surface area contributed by atoms with Gasteiger partial charge in [0, 0.05) is 11.9 Å². The fraction of sp³-hybridized carbons (Fsp3) is 0.231. The molecular formula is C13H8F7N3OS. The molecule has 2 N–H and O–H groups in total. The molecule has 2 amide bonds. The molecule has 0 spiro atoms. The summed E-state index contributed by atoms with van der Waals surface area (Å²) in [5.74, 6) is -1.09. The summed E-state index contributed by atoms with van der Waals surface area (Å²) in [6, 6.07) is 0.871. The Bertz CT molecular complexity index is 770. The molecule has 0 radical (unpaired) electrons. The van der Waals surface area contributed by atoms with Crippen molar-refractivity contribution in [2.45, 2.75) is 18.9 Å². The number of benzene rings is 1. The highest BCUT2D eigenvalue weighted by Crippen LogP contribution is 2.33. The van der Waals surface area contributed by atoms with Gasteiger partial charge in [0.2, 0.25) is 0 Å². The van der Waals surface area contributed by atoms with E-state index in [9.17, 15) is 35.5 Å². The van der Waals surface area contributed by atoms with Crippen LogP contribution in [0.15, 0.2) is 23.6 Å². The summed E-state index contributed by atoms with van der Waals surface area (Å²) < 4.78 is 88.5. The van der Waals surface area contributed by atoms with Crippen molar-refractivity contribution in [1.82, 2.24) is 10.3 Å². The molecule has 0 fully saturated rings. The van der Waals surface area contributed by atoms with Crippen LogP contribution in [0.1, 0.15) is 16.8 Å². The Hall–Kier alpha value is -2.37. The lowest BCUT2D eigenvalue weighted by Gasteiger charge is -2.13. The van der Waals surface area contributed by atoms with Crippen molar-refractivity contribution in [3.63, 3.8) is 0 Å². The molecule has 2 rings (SSSR count). The monoisotopic (exact) mass is 387 g/mol. The highest BCUT2D eigenvalue weighted by Gasteiger charge is 2.34. The first-order chi connectivity index (χ1) is 11.5. The molecule has 2 aromatic rings. The number of urea groups is 1. The number of halogens is 7. The first-order valence-electron chi connectivity index (χ1n) is 6.40. The van der Waals surface area contributed by atoms with Gasteiger partial charge in [0.15, 0.2) is 10.8 Å². The molecule has 0 aliphatic carbocycles. The van der Waals surface area contributed by atoms with Crippen LogP contribution in [0.2, 0.25) is 0 Å². The highest BCUT2D eigenvalue weighted by atomic mass is 32.1. The molecule has 0 unspecified atom stereocenters. The molecule has 4 nitrogen and oxygen atoms in total. The van der Waals surface area contributed by atoms with Gasteiger partial charge >= 0.3 is 18.4 Å². The second-order valence-electron chi connectivity index (χ2n) is 4.64. The number of amides is 2. The predicted octanol–water partition coefficient (Wildman–Crippen LogP) is 4.64. The van der Waals surface area contributed by atoms with Gasteiger partial charge in [0.25, 0.3) is 0 Å². The molecule has 0 saturated carbocycles. The van der Waals surface area contributed by atoms with Crippen LogP contribution in [0, 0.1) is 5.82 Å². The van der Waals surface area contributed by atoms with E-state index in [1.807, 2.05) is 10.6 Å². The standard InChI is InChI=1S/C13H8F7N3OS/c14-7-2-1-6(8(3-7)12(15,16)17)4-21-10(24)23-11-22-9(5-25-11)13(18,19)20/h1-3,5H,4H2,(H2,21,22,23,24). The third-order valence-corrected chi connectivity index (χ3v) is 3.59. The molecule has 136 valence electrons. The fourth-order valence-electron chi connectivity index (χ4n) is 1.74. The van der Waals surface area contributed by atoms with E-state index >= 15 is 0 Å². The van der Waals surface area contributed by atoms with Gasteiger partial charge < -0.3 is 5.32 Å². The summed E-state index contributed by atoms with van der Waals surface area (Å²) in [5, 5.41) is 4.32. The van der Waals surface area contributed by atoms with Gasteiger partial charge in [0.1, 0.15) is 5.82 Å². The van der Waals surface area contributed by atoms with Gasteiger partial charge in [-0.15, -0.1) is 11.3 Å². The Morgan fingerprint density at radius 3 is 2.36 bits per heavy atom. The first-order valence-corrected chi connectivity index (χ1v) is 7.28. The van der Waals surface area contributed by atoms with Crippen LogP contribution in [0.3, 0.4) is 0 Å². The number of carbonyl (C=O) groups is 1. The van der Waals surface area contributed by atoms with Crippen molar-refractivity contribution < 1.29 is 35.5 Å². The van der Waals surface area contributed by atoms with Crippen molar-refractivity contribution in [3.05, 3.63) is 46.2 Å². The number of thiazole rings is 1. The van der Waals surface area contributed by atoms with Crippen LogP contribution in [0.25, 0.3) is 0 Å². The molecule has 1 heterocycles. The van der Waals surface area contributed by atoms with Gasteiger partial charge in [-0.05, 0) is 17.7 Å². The Balaban J connectivity index is 2.02. The Morgan fingerprint density at radius 2 is 1.80 bits per heavy atom. The molecule has 1 aromatic heterocycles. The maximum Gasteiger partial charge on any atom is 0.434 e. The zero-order valence-corrected chi connectivity index (χ0v) is 12.7. The first kappa shape index (κ1) is 19.0. The number of nitrogens with one attached hydrogen (secondary N) is 2. The minimum Gasteiger partial charge on any atom is -0.334 e. The molecule has 0 aliphatic rings. The smallest absolute Gasteiger partial charge is 0.334 e. The van der Waals surface area contributed by atoms with E-state index in [0.29, 0.717) is 16.7 Å². The summed E-state index contributed by atoms with van der Waals surface area (Å²) in [6.45, 7) is -0.613. The molecule has 12 heteroatoms. The minimum absolute atomic E-state index is 0.283. The molecule has 0 saturated heterocycles. The van der Waals surface area contributed by atoms with E-state index in [1.165, 1.54) is 0 Å². The Labute approximate surface area is 139 Å². The van der Waals surface area contributed by atoms with Gasteiger partial charge in [-0.1, -0.05) is 6.07 Å². The Morgan fingerprint density at radius 1 is 1.12 bits per heavy atom. The number of nitrogens with zero attached hydrogens (tertiary/aromatic N) is 1. The lowest BCUT2D eigenvalue weighted by atomic mass is 10.1. The van der Waals surface area contributed by atoms with Crippen LogP contribution in [0.4, 0.5) is 40.7 Å². The van der Waals surface area contributed by atoms with Crippen LogP contribution in [-0.4, -0.2) is 11.0 Å². The summed E-state index contributed by atoms with van der Waals surface area (Å²) in [5.41, 5.74) is -2.87. The summed E-state index contributed by atoms with van der Waals surface area (Å²) >= 11 is 0.503.